The molecule has 1 aliphatic rings. The maximum absolute atomic E-state index is 4.63. The molecule has 0 aliphatic heterocycles. The summed E-state index contributed by atoms with van der Waals surface area (Å²) in [7, 11) is 0. The molecule has 1 N–H and O–H groups in total. The van der Waals surface area contributed by atoms with Crippen LogP contribution in [0.1, 0.15) is 50.3 Å². The average molecular weight is 233 g/mol. The molecule has 1 aromatic heterocycles. The molecule has 1 heterocycles. The fourth-order valence-corrected chi connectivity index (χ4v) is 1.86. The van der Waals surface area contributed by atoms with Crippen LogP contribution in [-0.2, 0) is 13.0 Å². The van der Waals surface area contributed by atoms with E-state index in [0.717, 1.165) is 36.2 Å². The highest BCUT2D eigenvalue weighted by atomic mass is 15.0. The Morgan fingerprint density at radius 3 is 2.76 bits per heavy atom. The summed E-state index contributed by atoms with van der Waals surface area (Å²) in [5, 5.41) is 3.50. The predicted molar refractivity (Wildman–Crippen MR) is 69.8 cm³/mol. The minimum atomic E-state index is 0.715. The molecular formula is C14H23N3. The molecule has 0 spiro atoms. The van der Waals surface area contributed by atoms with Crippen molar-refractivity contribution in [2.45, 2.75) is 59.0 Å². The van der Waals surface area contributed by atoms with E-state index in [2.05, 4.69) is 42.1 Å². The lowest BCUT2D eigenvalue weighted by Gasteiger charge is -2.08. The summed E-state index contributed by atoms with van der Waals surface area (Å²) < 4.78 is 0. The fraction of sp³-hybridized carbons (Fsp3) is 0.714. The zero-order chi connectivity index (χ0) is 12.3. The maximum Gasteiger partial charge on any atom is 0.128 e. The third-order valence-electron chi connectivity index (χ3n) is 3.05. The molecule has 1 saturated carbocycles. The smallest absolute Gasteiger partial charge is 0.128 e. The molecule has 1 aliphatic carbocycles. The summed E-state index contributed by atoms with van der Waals surface area (Å²) in [6, 6.07) is 2.83. The van der Waals surface area contributed by atoms with Gasteiger partial charge in [-0.25, -0.2) is 9.97 Å². The Labute approximate surface area is 104 Å². The van der Waals surface area contributed by atoms with E-state index in [1.165, 1.54) is 19.3 Å². The third kappa shape index (κ3) is 4.43. The summed E-state index contributed by atoms with van der Waals surface area (Å²) in [4.78, 5) is 9.14. The summed E-state index contributed by atoms with van der Waals surface area (Å²) in [5.74, 6) is 1.72. The summed E-state index contributed by atoms with van der Waals surface area (Å²) in [6.45, 7) is 7.43. The van der Waals surface area contributed by atoms with E-state index in [4.69, 9.17) is 0 Å². The van der Waals surface area contributed by atoms with Crippen LogP contribution >= 0.6 is 0 Å². The molecule has 0 unspecified atom stereocenters. The van der Waals surface area contributed by atoms with Crippen molar-refractivity contribution in [3.05, 3.63) is 23.3 Å². The topological polar surface area (TPSA) is 37.8 Å². The first-order valence-electron chi connectivity index (χ1n) is 6.70. The van der Waals surface area contributed by atoms with Gasteiger partial charge in [-0.2, -0.15) is 0 Å². The van der Waals surface area contributed by atoms with Crippen LogP contribution in [0.2, 0.25) is 0 Å². The van der Waals surface area contributed by atoms with Crippen LogP contribution in [-0.4, -0.2) is 16.0 Å². The van der Waals surface area contributed by atoms with Gasteiger partial charge in [0, 0.05) is 24.7 Å². The maximum atomic E-state index is 4.63. The van der Waals surface area contributed by atoms with Crippen LogP contribution in [0.5, 0.6) is 0 Å². The molecule has 0 saturated heterocycles. The minimum absolute atomic E-state index is 0.715. The number of aryl methyl sites for hydroxylation is 2. The van der Waals surface area contributed by atoms with Crippen LogP contribution < -0.4 is 5.32 Å². The number of hydrogen-bond acceptors (Lipinski definition) is 3. The van der Waals surface area contributed by atoms with Crippen molar-refractivity contribution in [2.24, 2.45) is 5.92 Å². The Bertz CT molecular complexity index is 345. The van der Waals surface area contributed by atoms with Crippen LogP contribution in [0.15, 0.2) is 6.07 Å². The van der Waals surface area contributed by atoms with Gasteiger partial charge in [-0.1, -0.05) is 13.8 Å². The molecule has 0 radical (unpaired) electrons. The van der Waals surface area contributed by atoms with Crippen LogP contribution in [0.3, 0.4) is 0 Å². The SMILES string of the molecule is Cc1cc(CNC2CC2)nc(CCC(C)C)n1. The van der Waals surface area contributed by atoms with Crippen molar-refractivity contribution in [1.82, 2.24) is 15.3 Å². The monoisotopic (exact) mass is 233 g/mol. The molecule has 1 aromatic rings. The third-order valence-corrected chi connectivity index (χ3v) is 3.05. The second-order valence-electron chi connectivity index (χ2n) is 5.50. The van der Waals surface area contributed by atoms with Crippen molar-refractivity contribution in [3.63, 3.8) is 0 Å². The van der Waals surface area contributed by atoms with Gasteiger partial charge in [-0.05, 0) is 38.2 Å². The molecule has 0 aromatic carbocycles. The molecule has 3 heteroatoms. The molecule has 17 heavy (non-hydrogen) atoms. The van der Waals surface area contributed by atoms with Crippen LogP contribution in [0.4, 0.5) is 0 Å². The lowest BCUT2D eigenvalue weighted by Crippen LogP contribution is -2.17. The molecule has 94 valence electrons. The Kier molecular flexibility index (Phi) is 4.11. The van der Waals surface area contributed by atoms with Gasteiger partial charge < -0.3 is 5.32 Å². The predicted octanol–water partition coefficient (Wildman–Crippen LogP) is 2.63. The zero-order valence-electron chi connectivity index (χ0n) is 11.2. The summed E-state index contributed by atoms with van der Waals surface area (Å²) >= 11 is 0. The van der Waals surface area contributed by atoms with Crippen molar-refractivity contribution in [3.8, 4) is 0 Å². The van der Waals surface area contributed by atoms with E-state index in [0.29, 0.717) is 5.92 Å². The van der Waals surface area contributed by atoms with E-state index in [1.807, 2.05) is 0 Å². The first-order valence-corrected chi connectivity index (χ1v) is 6.70. The largest absolute Gasteiger partial charge is 0.308 e. The quantitative estimate of drug-likeness (QED) is 0.820. The van der Waals surface area contributed by atoms with Gasteiger partial charge in [-0.3, -0.25) is 0 Å². The standard InChI is InChI=1S/C14H23N3/c1-10(2)4-7-14-16-11(3)8-13(17-14)9-15-12-5-6-12/h8,10,12,15H,4-7,9H2,1-3H3. The second-order valence-corrected chi connectivity index (χ2v) is 5.50. The van der Waals surface area contributed by atoms with Crippen molar-refractivity contribution in [1.29, 1.82) is 0 Å². The molecule has 0 atom stereocenters. The number of nitrogens with one attached hydrogen (secondary N) is 1. The number of rotatable bonds is 6. The minimum Gasteiger partial charge on any atom is -0.308 e. The highest BCUT2D eigenvalue weighted by molar-refractivity contribution is 5.10. The van der Waals surface area contributed by atoms with Gasteiger partial charge in [0.2, 0.25) is 0 Å². The van der Waals surface area contributed by atoms with Gasteiger partial charge >= 0.3 is 0 Å². The molecule has 1 fully saturated rings. The van der Waals surface area contributed by atoms with Gasteiger partial charge in [0.05, 0.1) is 5.69 Å². The highest BCUT2D eigenvalue weighted by Gasteiger charge is 2.20. The van der Waals surface area contributed by atoms with Crippen molar-refractivity contribution >= 4 is 0 Å². The van der Waals surface area contributed by atoms with Crippen LogP contribution in [0.25, 0.3) is 0 Å². The van der Waals surface area contributed by atoms with Gasteiger partial charge in [-0.15, -0.1) is 0 Å². The lowest BCUT2D eigenvalue weighted by atomic mass is 10.1. The Morgan fingerprint density at radius 1 is 1.35 bits per heavy atom. The molecule has 0 amide bonds. The van der Waals surface area contributed by atoms with E-state index in [1.54, 1.807) is 0 Å². The van der Waals surface area contributed by atoms with E-state index in [9.17, 15) is 0 Å². The zero-order valence-corrected chi connectivity index (χ0v) is 11.2. The number of hydrogen-bond donors (Lipinski definition) is 1. The normalized spacial score (nSPS) is 15.5. The van der Waals surface area contributed by atoms with Crippen molar-refractivity contribution < 1.29 is 0 Å². The fourth-order valence-electron chi connectivity index (χ4n) is 1.86. The van der Waals surface area contributed by atoms with Gasteiger partial charge in [0.15, 0.2) is 0 Å². The highest BCUT2D eigenvalue weighted by Crippen LogP contribution is 2.19. The summed E-state index contributed by atoms with van der Waals surface area (Å²) in [6.07, 6.45) is 4.81. The lowest BCUT2D eigenvalue weighted by molar-refractivity contribution is 0.570. The number of aromatic nitrogens is 2. The van der Waals surface area contributed by atoms with Gasteiger partial charge in [0.1, 0.15) is 5.82 Å². The summed E-state index contributed by atoms with van der Waals surface area (Å²) in [5.41, 5.74) is 2.23. The Balaban J connectivity index is 1.94. The number of nitrogens with zero attached hydrogens (tertiary/aromatic N) is 2. The van der Waals surface area contributed by atoms with Crippen LogP contribution in [0, 0.1) is 12.8 Å². The van der Waals surface area contributed by atoms with Crippen molar-refractivity contribution in [2.75, 3.05) is 0 Å². The van der Waals surface area contributed by atoms with E-state index < -0.39 is 0 Å². The molecule has 3 nitrogen and oxygen atoms in total. The average Bonchev–Trinajstić information content (AvgIpc) is 3.07. The first-order chi connectivity index (χ1) is 8.13. The Hall–Kier alpha value is -0.960. The molecule has 0 bridgehead atoms. The first kappa shape index (κ1) is 12.5. The van der Waals surface area contributed by atoms with E-state index in [-0.39, 0.29) is 0 Å². The van der Waals surface area contributed by atoms with E-state index >= 15 is 0 Å². The molecular weight excluding hydrogens is 210 g/mol. The Morgan fingerprint density at radius 2 is 2.12 bits per heavy atom. The second kappa shape index (κ2) is 5.58. The van der Waals surface area contributed by atoms with Gasteiger partial charge in [0.25, 0.3) is 0 Å². The molecule has 2 rings (SSSR count).